The molecule has 2 N–H and O–H groups in total. The number of aromatic hydroxyl groups is 1. The van der Waals surface area contributed by atoms with Crippen molar-refractivity contribution in [3.05, 3.63) is 125 Å². The molecule has 56 heavy (non-hydrogen) atoms. The maximum atomic E-state index is 13.0. The predicted molar refractivity (Wildman–Crippen MR) is 216 cm³/mol. The summed E-state index contributed by atoms with van der Waals surface area (Å²) >= 11 is 0. The minimum atomic E-state index is -0.608. The summed E-state index contributed by atoms with van der Waals surface area (Å²) in [5.74, 6) is 1.73. The third-order valence-electron chi connectivity index (χ3n) is 12.4. The van der Waals surface area contributed by atoms with E-state index in [0.29, 0.717) is 43.1 Å². The van der Waals surface area contributed by atoms with Crippen LogP contribution in [0.25, 0.3) is 11.1 Å². The molecule has 9 heteroatoms. The Balaban J connectivity index is 0.767. The summed E-state index contributed by atoms with van der Waals surface area (Å²) in [7, 11) is 0. The minimum absolute atomic E-state index is 0.162. The molecule has 9 nitrogen and oxygen atoms in total. The largest absolute Gasteiger partial charge is 0.508 e. The molecule has 1 unspecified atom stereocenters. The molecular formula is C47H51N3O6. The number of rotatable bonds is 13. The lowest BCUT2D eigenvalue weighted by Crippen LogP contribution is -2.52. The molecule has 3 aliphatic heterocycles. The average molecular weight is 754 g/mol. The number of amides is 3. The monoisotopic (exact) mass is 753 g/mol. The van der Waals surface area contributed by atoms with Crippen molar-refractivity contribution in [2.75, 3.05) is 32.8 Å². The zero-order valence-electron chi connectivity index (χ0n) is 32.2. The van der Waals surface area contributed by atoms with Gasteiger partial charge in [0.25, 0.3) is 5.91 Å². The second kappa shape index (κ2) is 16.4. The Morgan fingerprint density at radius 1 is 0.821 bits per heavy atom. The molecule has 0 bridgehead atoms. The first-order chi connectivity index (χ1) is 27.3. The van der Waals surface area contributed by atoms with Gasteiger partial charge in [0.1, 0.15) is 29.9 Å². The fraction of sp³-hybridized carbons (Fsp3) is 0.383. The molecule has 3 amide bonds. The lowest BCUT2D eigenvalue weighted by atomic mass is 9.57. The zero-order chi connectivity index (χ0) is 38.6. The first kappa shape index (κ1) is 37.5. The Bertz CT molecular complexity index is 2080. The number of likely N-dealkylation sites (tertiary alicyclic amines) is 1. The lowest BCUT2D eigenvalue weighted by molar-refractivity contribution is -0.136. The van der Waals surface area contributed by atoms with Gasteiger partial charge in [0, 0.05) is 25.1 Å². The van der Waals surface area contributed by atoms with E-state index in [1.807, 2.05) is 30.3 Å². The normalized spacial score (nSPS) is 20.0. The number of fused-ring (bicyclic) bond motifs is 1. The topological polar surface area (TPSA) is 108 Å². The molecule has 3 heterocycles. The number of allylic oxidation sites excluding steroid dienone is 1. The molecule has 290 valence electrons. The summed E-state index contributed by atoms with van der Waals surface area (Å²) in [6.07, 6.45) is 7.49. The average Bonchev–Trinajstić information content (AvgIpc) is 3.52. The summed E-state index contributed by atoms with van der Waals surface area (Å²) in [6, 6.07) is 31.4. The molecule has 4 aromatic carbocycles. The van der Waals surface area contributed by atoms with Gasteiger partial charge in [-0.2, -0.15) is 0 Å². The number of phenols is 1. The highest BCUT2D eigenvalue weighted by atomic mass is 16.5. The molecule has 4 aliphatic rings. The van der Waals surface area contributed by atoms with Gasteiger partial charge >= 0.3 is 0 Å². The highest BCUT2D eigenvalue weighted by Gasteiger charge is 2.45. The number of nitrogens with zero attached hydrogens (tertiary/aromatic N) is 2. The van der Waals surface area contributed by atoms with Crippen LogP contribution >= 0.6 is 0 Å². The number of hydrogen-bond acceptors (Lipinski definition) is 7. The van der Waals surface area contributed by atoms with Crippen molar-refractivity contribution in [2.24, 2.45) is 11.3 Å². The van der Waals surface area contributed by atoms with Crippen LogP contribution in [0.5, 0.6) is 17.2 Å². The van der Waals surface area contributed by atoms with E-state index in [1.165, 1.54) is 36.8 Å². The quantitative estimate of drug-likeness (QED) is 0.106. The standard InChI is InChI=1S/C47H51N3O6/c1-2-40(33-6-4-3-5-7-33)44(34-8-12-37(51)13-9-34)35-10-14-38(15-11-35)56-27-25-49-23-21-47(22-24-49)29-32(30-47)20-26-55-39-16-17-41-36(28-39)31-50(46(41)54)42-18-19-43(52)48-45(42)53/h3-17,28,32,42,51H,2,18-27,29-31H2,1H3,(H,48,52,53)/b44-40-. The van der Waals surface area contributed by atoms with Gasteiger partial charge in [-0.1, -0.05) is 61.5 Å². The van der Waals surface area contributed by atoms with Crippen LogP contribution in [0.1, 0.15) is 90.9 Å². The molecule has 2 saturated heterocycles. The van der Waals surface area contributed by atoms with E-state index in [4.69, 9.17) is 9.47 Å². The Kier molecular flexibility index (Phi) is 11.0. The summed E-state index contributed by atoms with van der Waals surface area (Å²) in [6.45, 7) is 6.98. The molecule has 3 fully saturated rings. The van der Waals surface area contributed by atoms with Gasteiger partial charge in [-0.15, -0.1) is 0 Å². The van der Waals surface area contributed by atoms with Crippen LogP contribution in [0.3, 0.4) is 0 Å². The van der Waals surface area contributed by atoms with Crippen molar-refractivity contribution >= 4 is 28.9 Å². The van der Waals surface area contributed by atoms with Crippen molar-refractivity contribution in [1.29, 1.82) is 0 Å². The minimum Gasteiger partial charge on any atom is -0.508 e. The maximum absolute atomic E-state index is 13.0. The van der Waals surface area contributed by atoms with Crippen molar-refractivity contribution in [3.8, 4) is 17.2 Å². The van der Waals surface area contributed by atoms with E-state index < -0.39 is 11.9 Å². The Morgan fingerprint density at radius 3 is 2.20 bits per heavy atom. The highest BCUT2D eigenvalue weighted by molar-refractivity contribution is 6.05. The highest BCUT2D eigenvalue weighted by Crippen LogP contribution is 2.53. The second-order valence-corrected chi connectivity index (χ2v) is 16.0. The number of carbonyl (C=O) groups excluding carboxylic acids is 3. The molecule has 1 aliphatic carbocycles. The Hall–Kier alpha value is -5.41. The van der Waals surface area contributed by atoms with Crippen LogP contribution in [-0.4, -0.2) is 71.5 Å². The second-order valence-electron chi connectivity index (χ2n) is 16.0. The molecule has 1 spiro atoms. The van der Waals surface area contributed by atoms with Crippen LogP contribution in [0.15, 0.2) is 97.1 Å². The first-order valence-electron chi connectivity index (χ1n) is 20.2. The van der Waals surface area contributed by atoms with Crippen LogP contribution in [-0.2, 0) is 16.1 Å². The lowest BCUT2D eigenvalue weighted by Gasteiger charge is -2.52. The van der Waals surface area contributed by atoms with Crippen LogP contribution in [0.4, 0.5) is 0 Å². The van der Waals surface area contributed by atoms with Gasteiger partial charge in [-0.3, -0.25) is 24.6 Å². The smallest absolute Gasteiger partial charge is 0.255 e. The van der Waals surface area contributed by atoms with E-state index in [-0.39, 0.29) is 24.0 Å². The molecule has 4 aromatic rings. The summed E-state index contributed by atoms with van der Waals surface area (Å²) in [5.41, 5.74) is 7.75. The van der Waals surface area contributed by atoms with Crippen molar-refractivity contribution < 1.29 is 29.0 Å². The number of hydrogen-bond donors (Lipinski definition) is 2. The maximum Gasteiger partial charge on any atom is 0.255 e. The summed E-state index contributed by atoms with van der Waals surface area (Å²) < 4.78 is 12.4. The van der Waals surface area contributed by atoms with Crippen LogP contribution in [0, 0.1) is 11.3 Å². The van der Waals surface area contributed by atoms with Crippen LogP contribution in [0.2, 0.25) is 0 Å². The molecular weight excluding hydrogens is 703 g/mol. The molecule has 1 atom stereocenters. The first-order valence-corrected chi connectivity index (χ1v) is 20.2. The Morgan fingerprint density at radius 2 is 1.50 bits per heavy atom. The van der Waals surface area contributed by atoms with Gasteiger partial charge in [-0.25, -0.2) is 0 Å². The summed E-state index contributed by atoms with van der Waals surface area (Å²) in [5, 5.41) is 12.3. The molecule has 0 aromatic heterocycles. The van der Waals surface area contributed by atoms with Gasteiger partial charge in [0.15, 0.2) is 0 Å². The van der Waals surface area contributed by atoms with E-state index >= 15 is 0 Å². The third kappa shape index (κ3) is 8.10. The van der Waals surface area contributed by atoms with Crippen molar-refractivity contribution in [2.45, 2.75) is 70.9 Å². The van der Waals surface area contributed by atoms with E-state index in [9.17, 15) is 19.5 Å². The summed E-state index contributed by atoms with van der Waals surface area (Å²) in [4.78, 5) is 41.0. The van der Waals surface area contributed by atoms with Gasteiger partial charge in [0.2, 0.25) is 11.8 Å². The van der Waals surface area contributed by atoms with Crippen LogP contribution < -0.4 is 14.8 Å². The number of piperidine rings is 2. The fourth-order valence-electron chi connectivity index (χ4n) is 9.33. The van der Waals surface area contributed by atoms with Gasteiger partial charge in [-0.05, 0) is 145 Å². The number of carbonyl (C=O) groups is 3. The molecule has 0 radical (unpaired) electrons. The fourth-order valence-corrected chi connectivity index (χ4v) is 9.33. The predicted octanol–water partition coefficient (Wildman–Crippen LogP) is 7.86. The van der Waals surface area contributed by atoms with E-state index in [0.717, 1.165) is 66.2 Å². The number of nitrogens with one attached hydrogen (secondary N) is 1. The number of phenolic OH excluding ortho intramolecular Hbond substituents is 1. The Labute approximate surface area is 329 Å². The third-order valence-corrected chi connectivity index (χ3v) is 12.4. The number of imide groups is 1. The molecule has 8 rings (SSSR count). The van der Waals surface area contributed by atoms with E-state index in [1.54, 1.807) is 23.1 Å². The SMILES string of the molecule is CC/C(=C(\c1ccc(O)cc1)c1ccc(OCCN2CCC3(CC2)CC(CCOc2ccc4c(c2)CN(C2CCC(=O)NC2=O)C4=O)C3)cc1)c1ccccc1. The zero-order valence-corrected chi connectivity index (χ0v) is 32.2. The van der Waals surface area contributed by atoms with Crippen molar-refractivity contribution in [1.82, 2.24) is 15.1 Å². The van der Waals surface area contributed by atoms with Gasteiger partial charge in [0.05, 0.1) is 6.61 Å². The van der Waals surface area contributed by atoms with Gasteiger partial charge < -0.3 is 19.5 Å². The molecule has 1 saturated carbocycles. The van der Waals surface area contributed by atoms with Crippen molar-refractivity contribution in [3.63, 3.8) is 0 Å². The number of ether oxygens (including phenoxy) is 2. The van der Waals surface area contributed by atoms with E-state index in [2.05, 4.69) is 65.7 Å². The number of benzene rings is 4.